The van der Waals surface area contributed by atoms with E-state index in [0.29, 0.717) is 18.5 Å². The molecule has 148 valence electrons. The molecular formula is C21H19N3O4S. The zero-order chi connectivity index (χ0) is 20.8. The molecule has 0 spiro atoms. The van der Waals surface area contributed by atoms with Crippen LogP contribution in [0.3, 0.4) is 0 Å². The molecule has 0 bridgehead atoms. The summed E-state index contributed by atoms with van der Waals surface area (Å²) in [6, 6.07) is 17.1. The molecule has 29 heavy (non-hydrogen) atoms. The molecule has 1 saturated heterocycles. The molecule has 0 saturated carbocycles. The number of rotatable bonds is 4. The Morgan fingerprint density at radius 1 is 1.03 bits per heavy atom. The Bertz CT molecular complexity index is 1110. The first-order valence-corrected chi connectivity index (χ1v) is 9.63. The SMILES string of the molecule is C=C1SC(=O)NC1=O.Cc1nn(CCOc2ccccc2)c(=O)c2ccccc12. The Kier molecular flexibility index (Phi) is 6.46. The van der Waals surface area contributed by atoms with Gasteiger partial charge in [-0.25, -0.2) is 4.68 Å². The molecule has 0 atom stereocenters. The monoisotopic (exact) mass is 409 g/mol. The molecule has 7 nitrogen and oxygen atoms in total. The molecule has 0 radical (unpaired) electrons. The van der Waals surface area contributed by atoms with Crippen LogP contribution in [-0.4, -0.2) is 27.5 Å². The first-order valence-electron chi connectivity index (χ1n) is 8.82. The van der Waals surface area contributed by atoms with Crippen LogP contribution in [0.1, 0.15) is 5.69 Å². The van der Waals surface area contributed by atoms with E-state index in [4.69, 9.17) is 4.74 Å². The lowest BCUT2D eigenvalue weighted by atomic mass is 10.1. The van der Waals surface area contributed by atoms with Gasteiger partial charge in [0.1, 0.15) is 12.4 Å². The summed E-state index contributed by atoms with van der Waals surface area (Å²) in [7, 11) is 0. The van der Waals surface area contributed by atoms with E-state index >= 15 is 0 Å². The van der Waals surface area contributed by atoms with Gasteiger partial charge in [0, 0.05) is 5.39 Å². The fourth-order valence-electron chi connectivity index (χ4n) is 2.67. The van der Waals surface area contributed by atoms with E-state index in [1.165, 1.54) is 4.68 Å². The van der Waals surface area contributed by atoms with Gasteiger partial charge in [0.25, 0.3) is 16.7 Å². The number of nitrogens with zero attached hydrogens (tertiary/aromatic N) is 2. The first-order chi connectivity index (χ1) is 14.0. The van der Waals surface area contributed by atoms with Gasteiger partial charge >= 0.3 is 0 Å². The van der Waals surface area contributed by atoms with Crippen LogP contribution in [0.25, 0.3) is 10.8 Å². The maximum atomic E-state index is 12.4. The lowest BCUT2D eigenvalue weighted by Crippen LogP contribution is -2.26. The van der Waals surface area contributed by atoms with Gasteiger partial charge in [-0.1, -0.05) is 43.0 Å². The number of thioether (sulfide) groups is 1. The number of ether oxygens (including phenoxy) is 1. The minimum atomic E-state index is -0.375. The van der Waals surface area contributed by atoms with E-state index in [-0.39, 0.29) is 21.6 Å². The Balaban J connectivity index is 0.000000252. The number of hydrogen-bond acceptors (Lipinski definition) is 6. The Hall–Kier alpha value is -3.39. The molecule has 3 aromatic rings. The van der Waals surface area contributed by atoms with Crippen molar-refractivity contribution >= 4 is 33.7 Å². The molecular weight excluding hydrogens is 390 g/mol. The molecule has 8 heteroatoms. The highest BCUT2D eigenvalue weighted by Crippen LogP contribution is 2.19. The largest absolute Gasteiger partial charge is 0.492 e. The zero-order valence-corrected chi connectivity index (χ0v) is 16.6. The average Bonchev–Trinajstić information content (AvgIpc) is 3.02. The number of carbonyl (C=O) groups excluding carboxylic acids is 2. The Labute approximate surface area is 171 Å². The van der Waals surface area contributed by atoms with E-state index in [9.17, 15) is 14.4 Å². The van der Waals surface area contributed by atoms with Crippen molar-refractivity contribution in [3.05, 3.63) is 82.1 Å². The van der Waals surface area contributed by atoms with Crippen LogP contribution >= 0.6 is 11.8 Å². The lowest BCUT2D eigenvalue weighted by molar-refractivity contribution is -0.115. The number of para-hydroxylation sites is 1. The molecule has 4 rings (SSSR count). The summed E-state index contributed by atoms with van der Waals surface area (Å²) in [5.41, 5.74) is 0.776. The molecule has 1 aliphatic rings. The number of imide groups is 1. The molecule has 2 heterocycles. The zero-order valence-electron chi connectivity index (χ0n) is 15.8. The minimum Gasteiger partial charge on any atom is -0.492 e. The fraction of sp³-hybridized carbons (Fsp3) is 0.143. The molecule has 0 unspecified atom stereocenters. The normalized spacial score (nSPS) is 13.1. The molecule has 1 fully saturated rings. The highest BCUT2D eigenvalue weighted by molar-refractivity contribution is 8.18. The number of carbonyl (C=O) groups is 2. The summed E-state index contributed by atoms with van der Waals surface area (Å²) >= 11 is 0.834. The van der Waals surface area contributed by atoms with E-state index in [1.807, 2.05) is 61.5 Å². The van der Waals surface area contributed by atoms with Crippen molar-refractivity contribution in [3.63, 3.8) is 0 Å². The Morgan fingerprint density at radius 3 is 2.28 bits per heavy atom. The summed E-state index contributed by atoms with van der Waals surface area (Å²) < 4.78 is 7.09. The van der Waals surface area contributed by atoms with Crippen LogP contribution in [0.2, 0.25) is 0 Å². The molecule has 1 aromatic heterocycles. The summed E-state index contributed by atoms with van der Waals surface area (Å²) in [5.74, 6) is 0.420. The van der Waals surface area contributed by atoms with Crippen LogP contribution in [0, 0.1) is 6.92 Å². The van der Waals surface area contributed by atoms with Crippen LogP contribution < -0.4 is 15.6 Å². The quantitative estimate of drug-likeness (QED) is 0.665. The standard InChI is InChI=1S/C17H16N2O2.C4H3NO2S/c1-13-15-9-5-6-10-16(15)17(20)19(18-13)11-12-21-14-7-3-2-4-8-14;1-2-3(6)5-4(7)8-2/h2-10H,11-12H2,1H3;1H2,(H,5,6,7). The van der Waals surface area contributed by atoms with Gasteiger partial charge in [0.2, 0.25) is 0 Å². The van der Waals surface area contributed by atoms with Crippen molar-refractivity contribution in [3.8, 4) is 5.75 Å². The van der Waals surface area contributed by atoms with Crippen LogP contribution in [-0.2, 0) is 11.3 Å². The number of fused-ring (bicyclic) bond motifs is 1. The fourth-order valence-corrected chi connectivity index (χ4v) is 3.18. The smallest absolute Gasteiger partial charge is 0.290 e. The second-order valence-corrected chi connectivity index (χ2v) is 7.16. The first kappa shape index (κ1) is 20.3. The van der Waals surface area contributed by atoms with Crippen molar-refractivity contribution < 1.29 is 14.3 Å². The predicted molar refractivity (Wildman–Crippen MR) is 113 cm³/mol. The van der Waals surface area contributed by atoms with Crippen molar-refractivity contribution in [2.24, 2.45) is 0 Å². The van der Waals surface area contributed by atoms with Crippen LogP contribution in [0.15, 0.2) is 70.9 Å². The number of benzene rings is 2. The van der Waals surface area contributed by atoms with Gasteiger partial charge in [0.15, 0.2) is 0 Å². The number of nitrogens with one attached hydrogen (secondary N) is 1. The van der Waals surface area contributed by atoms with Crippen molar-refractivity contribution in [2.75, 3.05) is 6.61 Å². The van der Waals surface area contributed by atoms with E-state index in [0.717, 1.165) is 28.6 Å². The van der Waals surface area contributed by atoms with Crippen molar-refractivity contribution in [2.45, 2.75) is 13.5 Å². The van der Waals surface area contributed by atoms with Crippen molar-refractivity contribution in [1.29, 1.82) is 0 Å². The third kappa shape index (κ3) is 5.11. The highest BCUT2D eigenvalue weighted by Gasteiger charge is 2.22. The van der Waals surface area contributed by atoms with E-state index in [2.05, 4.69) is 17.0 Å². The molecule has 1 aliphatic heterocycles. The van der Waals surface area contributed by atoms with Gasteiger partial charge in [-0.2, -0.15) is 5.10 Å². The molecule has 1 N–H and O–H groups in total. The van der Waals surface area contributed by atoms with Gasteiger partial charge < -0.3 is 4.74 Å². The third-order valence-corrected chi connectivity index (χ3v) is 4.77. The lowest BCUT2D eigenvalue weighted by Gasteiger charge is -2.10. The number of hydrogen-bond donors (Lipinski definition) is 1. The van der Waals surface area contributed by atoms with Crippen molar-refractivity contribution in [1.82, 2.24) is 15.1 Å². The summed E-state index contributed by atoms with van der Waals surface area (Å²) in [5, 5.41) is 7.68. The maximum Gasteiger partial charge on any atom is 0.290 e. The average molecular weight is 409 g/mol. The second-order valence-electron chi connectivity index (χ2n) is 6.09. The highest BCUT2D eigenvalue weighted by atomic mass is 32.2. The topological polar surface area (TPSA) is 90.3 Å². The van der Waals surface area contributed by atoms with E-state index in [1.54, 1.807) is 0 Å². The van der Waals surface area contributed by atoms with Gasteiger partial charge in [-0.15, -0.1) is 0 Å². The maximum absolute atomic E-state index is 12.4. The predicted octanol–water partition coefficient (Wildman–Crippen LogP) is 3.27. The number of amides is 2. The second kappa shape index (κ2) is 9.20. The molecule has 2 amide bonds. The summed E-state index contributed by atoms with van der Waals surface area (Å²) in [6.07, 6.45) is 0. The van der Waals surface area contributed by atoms with Crippen LogP contribution in [0.5, 0.6) is 5.75 Å². The van der Waals surface area contributed by atoms with Gasteiger partial charge in [-0.3, -0.25) is 19.7 Å². The number of aromatic nitrogens is 2. The van der Waals surface area contributed by atoms with Gasteiger partial charge in [0.05, 0.1) is 22.5 Å². The van der Waals surface area contributed by atoms with Gasteiger partial charge in [-0.05, 0) is 36.9 Å². The number of aryl methyl sites for hydroxylation is 1. The molecule has 0 aliphatic carbocycles. The third-order valence-electron chi connectivity index (χ3n) is 4.05. The van der Waals surface area contributed by atoms with E-state index < -0.39 is 0 Å². The van der Waals surface area contributed by atoms with Crippen LogP contribution in [0.4, 0.5) is 4.79 Å². The Morgan fingerprint density at radius 2 is 1.69 bits per heavy atom. The minimum absolute atomic E-state index is 0.0761. The molecule has 2 aromatic carbocycles. The summed E-state index contributed by atoms with van der Waals surface area (Å²) in [6.45, 7) is 6.07. The summed E-state index contributed by atoms with van der Waals surface area (Å²) in [4.78, 5) is 33.2.